The number of halogens is 1. The molecule has 0 fully saturated rings. The van der Waals surface area contributed by atoms with Crippen molar-refractivity contribution in [1.29, 1.82) is 0 Å². The summed E-state index contributed by atoms with van der Waals surface area (Å²) in [4.78, 5) is 16.2. The van der Waals surface area contributed by atoms with E-state index in [-0.39, 0.29) is 17.4 Å². The Morgan fingerprint density at radius 1 is 0.917 bits per heavy atom. The van der Waals surface area contributed by atoms with Gasteiger partial charge in [-0.25, -0.2) is 14.2 Å². The Morgan fingerprint density at radius 2 is 1.67 bits per heavy atom. The van der Waals surface area contributed by atoms with Gasteiger partial charge in [0.1, 0.15) is 5.82 Å². The Morgan fingerprint density at radius 3 is 2.46 bits per heavy atom. The van der Waals surface area contributed by atoms with Crippen LogP contribution in [0.2, 0.25) is 0 Å². The number of aliphatic imine (C=N–C) groups is 1. The molecule has 0 aromatic heterocycles. The molecule has 0 bridgehead atoms. The number of cyclic esters (lactones) is 1. The maximum atomic E-state index is 13.0. The molecule has 0 unspecified atom stereocenters. The first-order valence-corrected chi connectivity index (χ1v) is 7.46. The first-order valence-electron chi connectivity index (χ1n) is 7.46. The molecular weight excluding hydrogens is 305 g/mol. The number of nitrogens with zero attached hydrogens (tertiary/aromatic N) is 1. The zero-order chi connectivity index (χ0) is 16.5. The minimum atomic E-state index is -0.512. The molecule has 4 heteroatoms. The number of carbonyl (C=O) groups excluding carboxylic acids is 1. The van der Waals surface area contributed by atoms with Crippen LogP contribution in [-0.2, 0) is 9.53 Å². The maximum absolute atomic E-state index is 13.0. The van der Waals surface area contributed by atoms with Gasteiger partial charge < -0.3 is 4.74 Å². The van der Waals surface area contributed by atoms with Crippen LogP contribution in [0.3, 0.4) is 0 Å². The zero-order valence-corrected chi connectivity index (χ0v) is 12.6. The molecule has 0 atom stereocenters. The number of carbonyl (C=O) groups is 1. The molecule has 1 aliphatic rings. The van der Waals surface area contributed by atoms with Gasteiger partial charge in [-0.2, -0.15) is 0 Å². The molecule has 3 aromatic carbocycles. The lowest BCUT2D eigenvalue weighted by atomic mass is 10.1. The third-order valence-corrected chi connectivity index (χ3v) is 3.79. The molecule has 1 heterocycles. The van der Waals surface area contributed by atoms with E-state index in [2.05, 4.69) is 4.99 Å². The molecule has 0 spiro atoms. The van der Waals surface area contributed by atoms with Gasteiger partial charge in [0, 0.05) is 5.56 Å². The van der Waals surface area contributed by atoms with Gasteiger partial charge in [0.2, 0.25) is 5.90 Å². The first kappa shape index (κ1) is 14.3. The smallest absolute Gasteiger partial charge is 0.363 e. The summed E-state index contributed by atoms with van der Waals surface area (Å²) in [5.41, 5.74) is 1.65. The van der Waals surface area contributed by atoms with E-state index in [4.69, 9.17) is 4.74 Å². The number of fused-ring (bicyclic) bond motifs is 1. The van der Waals surface area contributed by atoms with Crippen molar-refractivity contribution in [2.45, 2.75) is 0 Å². The first-order chi connectivity index (χ1) is 11.7. The fraction of sp³-hybridized carbons (Fsp3) is 0. The van der Waals surface area contributed by atoms with Gasteiger partial charge in [-0.1, -0.05) is 36.4 Å². The molecule has 3 aromatic rings. The minimum Gasteiger partial charge on any atom is -0.402 e. The van der Waals surface area contributed by atoms with Crippen LogP contribution in [-0.4, -0.2) is 11.9 Å². The normalized spacial score (nSPS) is 15.6. The molecule has 24 heavy (non-hydrogen) atoms. The van der Waals surface area contributed by atoms with Crippen LogP contribution in [0.4, 0.5) is 4.39 Å². The lowest BCUT2D eigenvalue weighted by molar-refractivity contribution is -0.129. The summed E-state index contributed by atoms with van der Waals surface area (Å²) in [5.74, 6) is -0.676. The standard InChI is InChI=1S/C20H12FNO2/c21-17-9-7-15(8-10-17)19-22-18(20(23)24-19)12-13-5-6-14-3-1-2-4-16(14)11-13/h1-12H/b18-12+. The van der Waals surface area contributed by atoms with Crippen molar-refractivity contribution in [2.24, 2.45) is 4.99 Å². The zero-order valence-electron chi connectivity index (χ0n) is 12.6. The van der Waals surface area contributed by atoms with Crippen molar-refractivity contribution in [3.63, 3.8) is 0 Å². The van der Waals surface area contributed by atoms with Crippen LogP contribution in [0.25, 0.3) is 16.8 Å². The number of rotatable bonds is 2. The molecule has 116 valence electrons. The van der Waals surface area contributed by atoms with Crippen LogP contribution in [0.15, 0.2) is 77.4 Å². The van der Waals surface area contributed by atoms with Crippen molar-refractivity contribution >= 4 is 28.7 Å². The molecule has 0 aliphatic carbocycles. The Balaban J connectivity index is 1.70. The second-order valence-corrected chi connectivity index (χ2v) is 5.45. The van der Waals surface area contributed by atoms with Crippen molar-refractivity contribution in [3.05, 3.63) is 89.4 Å². The van der Waals surface area contributed by atoms with E-state index in [1.54, 1.807) is 6.08 Å². The van der Waals surface area contributed by atoms with Crippen molar-refractivity contribution in [2.75, 3.05) is 0 Å². The molecule has 0 radical (unpaired) electrons. The SMILES string of the molecule is O=C1OC(c2ccc(F)cc2)=N/C1=C/c1ccc2ccccc2c1. The average Bonchev–Trinajstić information content (AvgIpc) is 2.96. The minimum absolute atomic E-state index is 0.187. The third kappa shape index (κ3) is 2.70. The van der Waals surface area contributed by atoms with E-state index in [0.717, 1.165) is 16.3 Å². The number of hydrogen-bond acceptors (Lipinski definition) is 3. The van der Waals surface area contributed by atoms with Crippen LogP contribution < -0.4 is 0 Å². The third-order valence-electron chi connectivity index (χ3n) is 3.79. The summed E-state index contributed by atoms with van der Waals surface area (Å²) < 4.78 is 18.2. The molecule has 4 rings (SSSR count). The number of hydrogen-bond donors (Lipinski definition) is 0. The lowest BCUT2D eigenvalue weighted by Gasteiger charge is -1.99. The van der Waals surface area contributed by atoms with Gasteiger partial charge in [0.25, 0.3) is 0 Å². The van der Waals surface area contributed by atoms with Gasteiger partial charge >= 0.3 is 5.97 Å². The van der Waals surface area contributed by atoms with E-state index in [0.29, 0.717) is 5.56 Å². The fourth-order valence-electron chi connectivity index (χ4n) is 2.58. The van der Waals surface area contributed by atoms with Gasteiger partial charge in [0.05, 0.1) is 0 Å². The monoisotopic (exact) mass is 317 g/mol. The highest BCUT2D eigenvalue weighted by Crippen LogP contribution is 2.22. The van der Waals surface area contributed by atoms with E-state index >= 15 is 0 Å². The van der Waals surface area contributed by atoms with Crippen LogP contribution >= 0.6 is 0 Å². The Labute approximate surface area is 137 Å². The van der Waals surface area contributed by atoms with Gasteiger partial charge in [-0.15, -0.1) is 0 Å². The lowest BCUT2D eigenvalue weighted by Crippen LogP contribution is -2.05. The molecule has 0 amide bonds. The summed E-state index contributed by atoms with van der Waals surface area (Å²) in [7, 11) is 0. The number of esters is 1. The summed E-state index contributed by atoms with van der Waals surface area (Å²) >= 11 is 0. The Hall–Kier alpha value is -3.27. The second kappa shape index (κ2) is 5.74. The van der Waals surface area contributed by atoms with Gasteiger partial charge in [0.15, 0.2) is 5.70 Å². The van der Waals surface area contributed by atoms with E-state index in [1.807, 2.05) is 42.5 Å². The Kier molecular flexibility index (Phi) is 3.43. The average molecular weight is 317 g/mol. The van der Waals surface area contributed by atoms with E-state index < -0.39 is 5.97 Å². The highest BCUT2D eigenvalue weighted by atomic mass is 19.1. The van der Waals surface area contributed by atoms with Crippen molar-refractivity contribution < 1.29 is 13.9 Å². The highest BCUT2D eigenvalue weighted by Gasteiger charge is 2.24. The van der Waals surface area contributed by atoms with Crippen molar-refractivity contribution in [3.8, 4) is 0 Å². The van der Waals surface area contributed by atoms with E-state index in [1.165, 1.54) is 24.3 Å². The molecular formula is C20H12FNO2. The second-order valence-electron chi connectivity index (χ2n) is 5.45. The van der Waals surface area contributed by atoms with Crippen LogP contribution in [0, 0.1) is 5.82 Å². The summed E-state index contributed by atoms with van der Waals surface area (Å²) in [5, 5.41) is 2.21. The number of benzene rings is 3. The number of ether oxygens (including phenoxy) is 1. The quantitative estimate of drug-likeness (QED) is 0.521. The van der Waals surface area contributed by atoms with Crippen LogP contribution in [0.1, 0.15) is 11.1 Å². The Bertz CT molecular complexity index is 1000. The van der Waals surface area contributed by atoms with Crippen molar-refractivity contribution in [1.82, 2.24) is 0 Å². The van der Waals surface area contributed by atoms with Crippen LogP contribution in [0.5, 0.6) is 0 Å². The van der Waals surface area contributed by atoms with E-state index in [9.17, 15) is 9.18 Å². The molecule has 3 nitrogen and oxygen atoms in total. The predicted octanol–water partition coefficient (Wildman–Crippen LogP) is 4.32. The summed E-state index contributed by atoms with van der Waals surface area (Å²) in [6, 6.07) is 19.6. The highest BCUT2D eigenvalue weighted by molar-refractivity contribution is 6.12. The molecule has 0 N–H and O–H groups in total. The topological polar surface area (TPSA) is 38.7 Å². The van der Waals surface area contributed by atoms with Gasteiger partial charge in [-0.05, 0) is 52.7 Å². The fourth-order valence-corrected chi connectivity index (χ4v) is 2.58. The predicted molar refractivity (Wildman–Crippen MR) is 91.0 cm³/mol. The summed E-state index contributed by atoms with van der Waals surface area (Å²) in [6.07, 6.45) is 1.69. The molecule has 0 saturated heterocycles. The molecule has 0 saturated carbocycles. The van der Waals surface area contributed by atoms with Gasteiger partial charge in [-0.3, -0.25) is 0 Å². The largest absolute Gasteiger partial charge is 0.402 e. The summed E-state index contributed by atoms with van der Waals surface area (Å²) in [6.45, 7) is 0. The maximum Gasteiger partial charge on any atom is 0.363 e. The molecule has 1 aliphatic heterocycles.